The Kier molecular flexibility index (Phi) is 5.13. The molecular weight excluding hydrogens is 285 g/mol. The molecule has 2 rings (SSSR count). The molecule has 3 heteroatoms. The van der Waals surface area contributed by atoms with Crippen LogP contribution in [0.2, 0.25) is 5.02 Å². The molecule has 0 saturated heterocycles. The van der Waals surface area contributed by atoms with Gasteiger partial charge in [0.25, 0.3) is 0 Å². The summed E-state index contributed by atoms with van der Waals surface area (Å²) in [5, 5.41) is 0.426. The van der Waals surface area contributed by atoms with Crippen LogP contribution in [0.15, 0.2) is 30.8 Å². The fraction of sp³-hybridized carbons (Fsp3) is 0.278. The minimum Gasteiger partial charge on any atom is -0.253 e. The highest BCUT2D eigenvalue weighted by Crippen LogP contribution is 2.33. The zero-order chi connectivity index (χ0) is 15.4. The van der Waals surface area contributed by atoms with Crippen LogP contribution in [0.3, 0.4) is 0 Å². The van der Waals surface area contributed by atoms with E-state index in [0.717, 1.165) is 41.8 Å². The average Bonchev–Trinajstić information content (AvgIpc) is 2.48. The molecule has 1 aromatic heterocycles. The topological polar surface area (TPSA) is 12.9 Å². The van der Waals surface area contributed by atoms with Gasteiger partial charge < -0.3 is 0 Å². The number of hydrogen-bond donors (Lipinski definition) is 0. The van der Waals surface area contributed by atoms with Crippen molar-refractivity contribution < 1.29 is 4.39 Å². The van der Waals surface area contributed by atoms with Gasteiger partial charge in [-0.25, -0.2) is 4.39 Å². The lowest BCUT2D eigenvalue weighted by Gasteiger charge is -2.15. The van der Waals surface area contributed by atoms with Gasteiger partial charge in [0, 0.05) is 11.3 Å². The first kappa shape index (κ1) is 15.7. The molecule has 0 spiro atoms. The van der Waals surface area contributed by atoms with Crippen molar-refractivity contribution in [1.29, 1.82) is 0 Å². The molecule has 0 saturated carbocycles. The Morgan fingerprint density at radius 1 is 1.24 bits per heavy atom. The van der Waals surface area contributed by atoms with Crippen LogP contribution in [0, 0.1) is 5.82 Å². The summed E-state index contributed by atoms with van der Waals surface area (Å²) in [6.07, 6.45) is 4.53. The molecule has 1 nitrogen and oxygen atoms in total. The van der Waals surface area contributed by atoms with Gasteiger partial charge in [-0.05, 0) is 54.3 Å². The standard InChI is InChI=1S/C18H19ClFN/c1-4-7-15-16(11-13(5-2)21-18(15)6-3)14-9-8-12(20)10-17(14)19/h5,8-11H,2,4,6-7H2,1,3H3. The molecule has 0 amide bonds. The van der Waals surface area contributed by atoms with Crippen molar-refractivity contribution in [2.45, 2.75) is 33.1 Å². The minimum atomic E-state index is -0.325. The molecule has 0 aliphatic rings. The third-order valence-corrected chi connectivity index (χ3v) is 3.81. The lowest BCUT2D eigenvalue weighted by atomic mass is 9.94. The van der Waals surface area contributed by atoms with Gasteiger partial charge in [-0.15, -0.1) is 0 Å². The number of hydrogen-bond acceptors (Lipinski definition) is 1. The predicted molar refractivity (Wildman–Crippen MR) is 88.1 cm³/mol. The maximum atomic E-state index is 13.3. The molecular formula is C18H19ClFN. The van der Waals surface area contributed by atoms with E-state index in [9.17, 15) is 4.39 Å². The largest absolute Gasteiger partial charge is 0.253 e. The van der Waals surface area contributed by atoms with Crippen LogP contribution < -0.4 is 0 Å². The van der Waals surface area contributed by atoms with Crippen molar-refractivity contribution >= 4 is 17.7 Å². The number of pyridine rings is 1. The second-order valence-corrected chi connectivity index (χ2v) is 5.36. The summed E-state index contributed by atoms with van der Waals surface area (Å²) in [5.41, 5.74) is 4.95. The van der Waals surface area contributed by atoms with Crippen LogP contribution in [0.4, 0.5) is 4.39 Å². The Morgan fingerprint density at radius 3 is 2.57 bits per heavy atom. The molecule has 21 heavy (non-hydrogen) atoms. The van der Waals surface area contributed by atoms with Gasteiger partial charge in [-0.1, -0.05) is 38.4 Å². The highest BCUT2D eigenvalue weighted by Gasteiger charge is 2.14. The van der Waals surface area contributed by atoms with Crippen LogP contribution in [0.1, 0.15) is 37.2 Å². The third-order valence-electron chi connectivity index (χ3n) is 3.50. The molecule has 110 valence electrons. The second-order valence-electron chi connectivity index (χ2n) is 4.95. The van der Waals surface area contributed by atoms with Gasteiger partial charge in [0.1, 0.15) is 5.82 Å². The molecule has 0 aliphatic heterocycles. The van der Waals surface area contributed by atoms with Crippen LogP contribution in [-0.2, 0) is 12.8 Å². The molecule has 2 aromatic rings. The molecule has 1 aromatic carbocycles. The first-order valence-corrected chi connectivity index (χ1v) is 7.59. The summed E-state index contributed by atoms with van der Waals surface area (Å²) < 4.78 is 13.3. The van der Waals surface area contributed by atoms with Crippen molar-refractivity contribution in [3.05, 3.63) is 58.6 Å². The molecule has 0 atom stereocenters. The summed E-state index contributed by atoms with van der Waals surface area (Å²) in [6.45, 7) is 8.02. The smallest absolute Gasteiger partial charge is 0.124 e. The summed E-state index contributed by atoms with van der Waals surface area (Å²) in [5.74, 6) is -0.325. The van der Waals surface area contributed by atoms with E-state index in [-0.39, 0.29) is 5.82 Å². The molecule has 0 radical (unpaired) electrons. The van der Waals surface area contributed by atoms with E-state index < -0.39 is 0 Å². The van der Waals surface area contributed by atoms with E-state index in [1.807, 2.05) is 6.07 Å². The molecule has 0 N–H and O–H groups in total. The number of rotatable bonds is 5. The fourth-order valence-corrected chi connectivity index (χ4v) is 2.79. The number of aryl methyl sites for hydroxylation is 1. The van der Waals surface area contributed by atoms with Crippen molar-refractivity contribution in [2.24, 2.45) is 0 Å². The monoisotopic (exact) mass is 303 g/mol. The van der Waals surface area contributed by atoms with Crippen molar-refractivity contribution in [2.75, 3.05) is 0 Å². The zero-order valence-corrected chi connectivity index (χ0v) is 13.2. The van der Waals surface area contributed by atoms with Crippen LogP contribution in [0.5, 0.6) is 0 Å². The van der Waals surface area contributed by atoms with E-state index >= 15 is 0 Å². The van der Waals surface area contributed by atoms with Crippen LogP contribution in [0.25, 0.3) is 17.2 Å². The fourth-order valence-electron chi connectivity index (χ4n) is 2.52. The zero-order valence-electron chi connectivity index (χ0n) is 12.4. The summed E-state index contributed by atoms with van der Waals surface area (Å²) in [4.78, 5) is 4.63. The SMILES string of the molecule is C=Cc1cc(-c2ccc(F)cc2Cl)c(CCC)c(CC)n1. The Hall–Kier alpha value is -1.67. The van der Waals surface area contributed by atoms with Gasteiger partial charge in [0.15, 0.2) is 0 Å². The molecule has 0 fully saturated rings. The maximum Gasteiger partial charge on any atom is 0.124 e. The van der Waals surface area contributed by atoms with Crippen molar-refractivity contribution in [1.82, 2.24) is 4.98 Å². The Balaban J connectivity index is 2.72. The van der Waals surface area contributed by atoms with E-state index in [1.165, 1.54) is 17.7 Å². The summed E-state index contributed by atoms with van der Waals surface area (Å²) in [6, 6.07) is 6.51. The van der Waals surface area contributed by atoms with E-state index in [1.54, 1.807) is 12.1 Å². The highest BCUT2D eigenvalue weighted by molar-refractivity contribution is 6.33. The summed E-state index contributed by atoms with van der Waals surface area (Å²) >= 11 is 6.24. The lowest BCUT2D eigenvalue weighted by Crippen LogP contribution is -2.02. The number of nitrogens with zero attached hydrogens (tertiary/aromatic N) is 1. The van der Waals surface area contributed by atoms with Crippen molar-refractivity contribution in [3.63, 3.8) is 0 Å². The Bertz CT molecular complexity index is 665. The molecule has 0 aliphatic carbocycles. The van der Waals surface area contributed by atoms with E-state index in [0.29, 0.717) is 5.02 Å². The maximum absolute atomic E-state index is 13.3. The average molecular weight is 304 g/mol. The normalized spacial score (nSPS) is 10.7. The molecule has 1 heterocycles. The van der Waals surface area contributed by atoms with Crippen LogP contribution in [-0.4, -0.2) is 4.98 Å². The van der Waals surface area contributed by atoms with Gasteiger partial charge in [-0.2, -0.15) is 0 Å². The molecule has 0 unspecified atom stereocenters. The van der Waals surface area contributed by atoms with Gasteiger partial charge in [0.2, 0.25) is 0 Å². The quantitative estimate of drug-likeness (QED) is 0.690. The van der Waals surface area contributed by atoms with E-state index in [4.69, 9.17) is 11.6 Å². The van der Waals surface area contributed by atoms with Gasteiger partial charge in [0.05, 0.1) is 10.7 Å². The van der Waals surface area contributed by atoms with Crippen LogP contribution >= 0.6 is 11.6 Å². The van der Waals surface area contributed by atoms with Crippen molar-refractivity contribution in [3.8, 4) is 11.1 Å². The number of benzene rings is 1. The van der Waals surface area contributed by atoms with E-state index in [2.05, 4.69) is 25.4 Å². The minimum absolute atomic E-state index is 0.325. The van der Waals surface area contributed by atoms with Gasteiger partial charge in [-0.3, -0.25) is 4.98 Å². The number of aromatic nitrogens is 1. The Labute approximate surface area is 130 Å². The first-order valence-electron chi connectivity index (χ1n) is 7.21. The predicted octanol–water partition coefficient (Wildman–Crippen LogP) is 5.70. The highest BCUT2D eigenvalue weighted by atomic mass is 35.5. The second kappa shape index (κ2) is 6.86. The summed E-state index contributed by atoms with van der Waals surface area (Å²) in [7, 11) is 0. The molecule has 0 bridgehead atoms. The number of halogens is 2. The first-order chi connectivity index (χ1) is 10.1. The lowest BCUT2D eigenvalue weighted by molar-refractivity contribution is 0.628. The van der Waals surface area contributed by atoms with Gasteiger partial charge >= 0.3 is 0 Å². The Morgan fingerprint density at radius 2 is 2.00 bits per heavy atom. The third kappa shape index (κ3) is 3.33.